The zero-order valence-electron chi connectivity index (χ0n) is 20.1. The zero-order chi connectivity index (χ0) is 27.0. The molecule has 0 radical (unpaired) electrons. The summed E-state index contributed by atoms with van der Waals surface area (Å²) in [5, 5.41) is 13.5. The van der Waals surface area contributed by atoms with Gasteiger partial charge in [0.15, 0.2) is 0 Å². The molecule has 2 aromatic heterocycles. The van der Waals surface area contributed by atoms with E-state index in [4.69, 9.17) is 0 Å². The Labute approximate surface area is 215 Å². The largest absolute Gasteiger partial charge is 0.480 e. The standard InChI is InChI=1S/C29H21F2N3O4/c1-34-24-10-3-2-6-16(24)14-20(28(34)36)18-12-11-17(26-19(18)7-5-13-32-26)15-23(29(37)38)33-27(35)25-21(30)8-4-9-22(25)31/h2-14,23H,15H2,1H3,(H,33,35)(H,37,38)/t23-/m0/s1. The van der Waals surface area contributed by atoms with Gasteiger partial charge in [0.2, 0.25) is 0 Å². The Morgan fingerprint density at radius 1 is 0.974 bits per heavy atom. The van der Waals surface area contributed by atoms with E-state index in [9.17, 15) is 28.3 Å². The highest BCUT2D eigenvalue weighted by atomic mass is 19.1. The van der Waals surface area contributed by atoms with Crippen LogP contribution in [0.3, 0.4) is 0 Å². The van der Waals surface area contributed by atoms with Crippen LogP contribution in [0.2, 0.25) is 0 Å². The van der Waals surface area contributed by atoms with Gasteiger partial charge in [-0.25, -0.2) is 13.6 Å². The summed E-state index contributed by atoms with van der Waals surface area (Å²) in [4.78, 5) is 42.2. The van der Waals surface area contributed by atoms with Crippen LogP contribution in [0.4, 0.5) is 8.78 Å². The number of carbonyl (C=O) groups excluding carboxylic acids is 1. The van der Waals surface area contributed by atoms with Gasteiger partial charge in [0.05, 0.1) is 11.0 Å². The zero-order valence-corrected chi connectivity index (χ0v) is 20.1. The first-order chi connectivity index (χ1) is 18.3. The molecule has 1 amide bonds. The molecule has 2 heterocycles. The summed E-state index contributed by atoms with van der Waals surface area (Å²) in [6, 6.07) is 17.6. The highest BCUT2D eigenvalue weighted by Gasteiger charge is 2.26. The van der Waals surface area contributed by atoms with Crippen LogP contribution in [0.15, 0.2) is 83.8 Å². The van der Waals surface area contributed by atoms with E-state index in [1.807, 2.05) is 30.3 Å². The molecule has 0 spiro atoms. The van der Waals surface area contributed by atoms with Gasteiger partial charge in [-0.15, -0.1) is 0 Å². The Morgan fingerprint density at radius 3 is 2.45 bits per heavy atom. The van der Waals surface area contributed by atoms with E-state index >= 15 is 0 Å². The van der Waals surface area contributed by atoms with Crippen LogP contribution in [0, 0.1) is 11.6 Å². The van der Waals surface area contributed by atoms with Gasteiger partial charge in [0, 0.05) is 30.6 Å². The molecule has 0 aliphatic heterocycles. The van der Waals surface area contributed by atoms with Gasteiger partial charge >= 0.3 is 5.97 Å². The molecule has 7 nitrogen and oxygen atoms in total. The maximum absolute atomic E-state index is 14.1. The summed E-state index contributed by atoms with van der Waals surface area (Å²) in [6.45, 7) is 0. The minimum Gasteiger partial charge on any atom is -0.480 e. The maximum atomic E-state index is 14.1. The molecule has 0 aliphatic carbocycles. The molecule has 0 aliphatic rings. The van der Waals surface area contributed by atoms with Gasteiger partial charge < -0.3 is 15.0 Å². The summed E-state index contributed by atoms with van der Waals surface area (Å²) in [7, 11) is 1.70. The smallest absolute Gasteiger partial charge is 0.326 e. The van der Waals surface area contributed by atoms with E-state index in [2.05, 4.69) is 10.3 Å². The number of aromatic nitrogens is 2. The summed E-state index contributed by atoms with van der Waals surface area (Å²) < 4.78 is 29.7. The number of aliphatic carboxylic acids is 1. The van der Waals surface area contributed by atoms with E-state index in [-0.39, 0.29) is 12.0 Å². The number of nitrogens with zero attached hydrogens (tertiary/aromatic N) is 2. The second kappa shape index (κ2) is 9.85. The first-order valence-corrected chi connectivity index (χ1v) is 11.7. The Morgan fingerprint density at radius 2 is 1.71 bits per heavy atom. The van der Waals surface area contributed by atoms with Crippen molar-refractivity contribution in [3.63, 3.8) is 0 Å². The summed E-state index contributed by atoms with van der Waals surface area (Å²) >= 11 is 0. The summed E-state index contributed by atoms with van der Waals surface area (Å²) in [5.41, 5.74) is 1.71. The van der Waals surface area contributed by atoms with Crippen molar-refractivity contribution in [3.8, 4) is 11.1 Å². The third-order valence-corrected chi connectivity index (χ3v) is 6.49. The quantitative estimate of drug-likeness (QED) is 0.349. The number of rotatable bonds is 6. The van der Waals surface area contributed by atoms with Gasteiger partial charge in [-0.3, -0.25) is 14.6 Å². The molecule has 38 heavy (non-hydrogen) atoms. The van der Waals surface area contributed by atoms with Gasteiger partial charge in [0.1, 0.15) is 23.2 Å². The molecule has 0 unspecified atom stereocenters. The lowest BCUT2D eigenvalue weighted by molar-refractivity contribution is -0.139. The number of nitrogens with one attached hydrogen (secondary N) is 1. The average Bonchev–Trinajstić information content (AvgIpc) is 2.90. The second-order valence-electron chi connectivity index (χ2n) is 8.82. The molecule has 0 bridgehead atoms. The van der Waals surface area contributed by atoms with Crippen molar-refractivity contribution in [3.05, 3.63) is 112 Å². The molecule has 0 fully saturated rings. The number of amides is 1. The lowest BCUT2D eigenvalue weighted by atomic mass is 9.95. The van der Waals surface area contributed by atoms with Gasteiger partial charge in [-0.2, -0.15) is 0 Å². The van der Waals surface area contributed by atoms with Crippen LogP contribution >= 0.6 is 0 Å². The molecular weight excluding hydrogens is 492 g/mol. The molecule has 5 rings (SSSR count). The lowest BCUT2D eigenvalue weighted by Gasteiger charge is -2.17. The SMILES string of the molecule is Cn1c(=O)c(-c2ccc(C[C@H](NC(=O)c3c(F)cccc3F)C(=O)O)c3ncccc23)cc2ccccc21. The molecule has 9 heteroatoms. The van der Waals surface area contributed by atoms with E-state index in [0.717, 1.165) is 29.1 Å². The number of aryl methyl sites for hydroxylation is 1. The first kappa shape index (κ1) is 24.8. The third kappa shape index (κ3) is 4.39. The third-order valence-electron chi connectivity index (χ3n) is 6.49. The maximum Gasteiger partial charge on any atom is 0.326 e. The topological polar surface area (TPSA) is 101 Å². The van der Waals surface area contributed by atoms with Crippen molar-refractivity contribution in [2.45, 2.75) is 12.5 Å². The highest BCUT2D eigenvalue weighted by molar-refractivity contribution is 5.99. The fourth-order valence-corrected chi connectivity index (χ4v) is 4.61. The molecule has 3 aromatic carbocycles. The van der Waals surface area contributed by atoms with Crippen molar-refractivity contribution in [1.82, 2.24) is 14.9 Å². The van der Waals surface area contributed by atoms with Crippen molar-refractivity contribution >= 4 is 33.7 Å². The number of pyridine rings is 2. The number of para-hydroxylation sites is 1. The Kier molecular flexibility index (Phi) is 6.42. The molecule has 2 N–H and O–H groups in total. The number of halogens is 2. The number of carbonyl (C=O) groups is 2. The Balaban J connectivity index is 1.56. The number of hydrogen-bond donors (Lipinski definition) is 2. The van der Waals surface area contributed by atoms with Crippen molar-refractivity contribution in [2.24, 2.45) is 7.05 Å². The number of hydrogen-bond acceptors (Lipinski definition) is 4. The lowest BCUT2D eigenvalue weighted by Crippen LogP contribution is -2.43. The predicted molar refractivity (Wildman–Crippen MR) is 139 cm³/mol. The fraction of sp³-hybridized carbons (Fsp3) is 0.103. The summed E-state index contributed by atoms with van der Waals surface area (Å²) in [5.74, 6) is -4.76. The van der Waals surface area contributed by atoms with Crippen LogP contribution in [0.1, 0.15) is 15.9 Å². The molecule has 0 saturated heterocycles. The van der Waals surface area contributed by atoms with Crippen molar-refractivity contribution in [1.29, 1.82) is 0 Å². The highest BCUT2D eigenvalue weighted by Crippen LogP contribution is 2.30. The number of benzene rings is 3. The number of fused-ring (bicyclic) bond motifs is 2. The van der Waals surface area contributed by atoms with E-state index in [1.165, 1.54) is 6.20 Å². The summed E-state index contributed by atoms with van der Waals surface area (Å²) in [6.07, 6.45) is 1.33. The first-order valence-electron chi connectivity index (χ1n) is 11.7. The number of carboxylic acid groups (broad SMARTS) is 1. The van der Waals surface area contributed by atoms with E-state index in [0.29, 0.717) is 27.6 Å². The molecule has 5 aromatic rings. The predicted octanol–water partition coefficient (Wildman–Crippen LogP) is 4.46. The van der Waals surface area contributed by atoms with Crippen LogP contribution < -0.4 is 10.9 Å². The Hall–Kier alpha value is -4.92. The molecular formula is C29H21F2N3O4. The van der Waals surface area contributed by atoms with Crippen LogP contribution in [-0.4, -0.2) is 32.6 Å². The van der Waals surface area contributed by atoms with Crippen LogP contribution in [0.25, 0.3) is 32.9 Å². The molecule has 0 saturated carbocycles. The Bertz CT molecular complexity index is 1780. The van der Waals surface area contributed by atoms with E-state index < -0.39 is 35.1 Å². The number of carboxylic acids is 1. The monoisotopic (exact) mass is 513 g/mol. The van der Waals surface area contributed by atoms with Crippen LogP contribution in [-0.2, 0) is 18.3 Å². The van der Waals surface area contributed by atoms with Gasteiger partial charge in [-0.1, -0.05) is 42.5 Å². The van der Waals surface area contributed by atoms with Crippen LogP contribution in [0.5, 0.6) is 0 Å². The molecule has 190 valence electrons. The van der Waals surface area contributed by atoms with Gasteiger partial charge in [0.25, 0.3) is 11.5 Å². The second-order valence-corrected chi connectivity index (χ2v) is 8.82. The minimum absolute atomic E-state index is 0.204. The van der Waals surface area contributed by atoms with Crippen molar-refractivity contribution < 1.29 is 23.5 Å². The normalized spacial score (nSPS) is 12.0. The minimum atomic E-state index is -1.49. The van der Waals surface area contributed by atoms with Gasteiger partial charge in [-0.05, 0) is 46.8 Å². The fourth-order valence-electron chi connectivity index (χ4n) is 4.61. The average molecular weight is 514 g/mol. The van der Waals surface area contributed by atoms with Crippen molar-refractivity contribution in [2.75, 3.05) is 0 Å². The van der Waals surface area contributed by atoms with E-state index in [1.54, 1.807) is 35.9 Å². The molecule has 1 atom stereocenters.